The quantitative estimate of drug-likeness (QED) is 0.608. The summed E-state index contributed by atoms with van der Waals surface area (Å²) in [6.45, 7) is 3.09. The fourth-order valence-electron chi connectivity index (χ4n) is 0.531. The maximum Gasteiger partial charge on any atom is 0.157 e. The second kappa shape index (κ2) is 3.90. The third kappa shape index (κ3) is 2.06. The lowest BCUT2D eigenvalue weighted by Crippen LogP contribution is -1.98. The number of ether oxygens (including phenoxy) is 1. The SMILES string of the molecule is CCOCc1ncncn1. The minimum Gasteiger partial charge on any atom is -0.374 e. The van der Waals surface area contributed by atoms with Crippen molar-refractivity contribution in [1.82, 2.24) is 15.0 Å². The molecule has 0 saturated carbocycles. The molecule has 1 rings (SSSR count). The Morgan fingerprint density at radius 3 is 2.70 bits per heavy atom. The van der Waals surface area contributed by atoms with Gasteiger partial charge < -0.3 is 4.74 Å². The first kappa shape index (κ1) is 7.08. The van der Waals surface area contributed by atoms with Gasteiger partial charge in [0.15, 0.2) is 5.82 Å². The van der Waals surface area contributed by atoms with Gasteiger partial charge in [0.2, 0.25) is 0 Å². The molecule has 0 aliphatic heterocycles. The molecule has 0 fully saturated rings. The van der Waals surface area contributed by atoms with Gasteiger partial charge in [-0.2, -0.15) is 0 Å². The Balaban J connectivity index is 2.43. The highest BCUT2D eigenvalue weighted by molar-refractivity contribution is 4.76. The molecule has 54 valence electrons. The van der Waals surface area contributed by atoms with Gasteiger partial charge in [0.25, 0.3) is 0 Å². The Bertz CT molecular complexity index is 178. The smallest absolute Gasteiger partial charge is 0.157 e. The van der Waals surface area contributed by atoms with Gasteiger partial charge in [-0.05, 0) is 6.92 Å². The van der Waals surface area contributed by atoms with E-state index in [-0.39, 0.29) is 0 Å². The standard InChI is InChI=1S/C6H9N3O/c1-2-10-3-6-8-4-7-5-9-6/h4-5H,2-3H2,1H3. The van der Waals surface area contributed by atoms with E-state index in [0.717, 1.165) is 0 Å². The Morgan fingerprint density at radius 1 is 1.40 bits per heavy atom. The number of aromatic nitrogens is 3. The van der Waals surface area contributed by atoms with Crippen LogP contribution in [0.4, 0.5) is 0 Å². The molecule has 4 heteroatoms. The third-order valence-electron chi connectivity index (χ3n) is 0.982. The minimum atomic E-state index is 0.471. The summed E-state index contributed by atoms with van der Waals surface area (Å²) in [5.41, 5.74) is 0. The van der Waals surface area contributed by atoms with Crippen LogP contribution in [0.3, 0.4) is 0 Å². The van der Waals surface area contributed by atoms with E-state index in [1.807, 2.05) is 6.92 Å². The predicted octanol–water partition coefficient (Wildman–Crippen LogP) is 0.408. The molecule has 10 heavy (non-hydrogen) atoms. The van der Waals surface area contributed by atoms with Crippen molar-refractivity contribution in [3.8, 4) is 0 Å². The molecule has 0 amide bonds. The van der Waals surface area contributed by atoms with E-state index in [4.69, 9.17) is 4.74 Å². The van der Waals surface area contributed by atoms with Crippen molar-refractivity contribution in [1.29, 1.82) is 0 Å². The Hall–Kier alpha value is -1.03. The van der Waals surface area contributed by atoms with Crippen LogP contribution in [0.25, 0.3) is 0 Å². The Labute approximate surface area is 59.3 Å². The largest absolute Gasteiger partial charge is 0.374 e. The van der Waals surface area contributed by atoms with Crippen molar-refractivity contribution >= 4 is 0 Å². The van der Waals surface area contributed by atoms with Crippen LogP contribution in [0, 0.1) is 0 Å². The summed E-state index contributed by atoms with van der Waals surface area (Å²) in [4.78, 5) is 11.4. The molecule has 0 N–H and O–H groups in total. The molecule has 0 radical (unpaired) electrons. The van der Waals surface area contributed by atoms with E-state index in [2.05, 4.69) is 15.0 Å². The molecule has 0 spiro atoms. The van der Waals surface area contributed by atoms with Crippen molar-refractivity contribution < 1.29 is 4.74 Å². The van der Waals surface area contributed by atoms with Crippen LogP contribution in [0.15, 0.2) is 12.7 Å². The maximum atomic E-state index is 5.07. The summed E-state index contributed by atoms with van der Waals surface area (Å²) < 4.78 is 5.07. The molecule has 1 aromatic rings. The lowest BCUT2D eigenvalue weighted by Gasteiger charge is -1.96. The number of nitrogens with zero attached hydrogens (tertiary/aromatic N) is 3. The number of rotatable bonds is 3. The summed E-state index contributed by atoms with van der Waals surface area (Å²) in [7, 11) is 0. The molecule has 0 atom stereocenters. The molecular weight excluding hydrogens is 130 g/mol. The molecule has 4 nitrogen and oxygen atoms in total. The zero-order valence-corrected chi connectivity index (χ0v) is 5.82. The molecule has 0 aromatic carbocycles. The van der Waals surface area contributed by atoms with Gasteiger partial charge in [-0.3, -0.25) is 0 Å². The van der Waals surface area contributed by atoms with Gasteiger partial charge in [-0.25, -0.2) is 15.0 Å². The second-order valence-electron chi connectivity index (χ2n) is 1.69. The predicted molar refractivity (Wildman–Crippen MR) is 35.2 cm³/mol. The second-order valence-corrected chi connectivity index (χ2v) is 1.69. The summed E-state index contributed by atoms with van der Waals surface area (Å²) >= 11 is 0. The monoisotopic (exact) mass is 139 g/mol. The van der Waals surface area contributed by atoms with E-state index in [0.29, 0.717) is 19.0 Å². The molecule has 0 bridgehead atoms. The van der Waals surface area contributed by atoms with Gasteiger partial charge in [-0.1, -0.05) is 0 Å². The summed E-state index contributed by atoms with van der Waals surface area (Å²) in [6.07, 6.45) is 2.92. The van der Waals surface area contributed by atoms with E-state index in [1.165, 1.54) is 12.7 Å². The van der Waals surface area contributed by atoms with Crippen LogP contribution in [0.2, 0.25) is 0 Å². The van der Waals surface area contributed by atoms with Crippen molar-refractivity contribution in [2.45, 2.75) is 13.5 Å². The van der Waals surface area contributed by atoms with Gasteiger partial charge in [0.1, 0.15) is 19.3 Å². The first-order valence-corrected chi connectivity index (χ1v) is 3.12. The number of hydrogen-bond acceptors (Lipinski definition) is 4. The summed E-state index contributed by atoms with van der Waals surface area (Å²) in [5, 5.41) is 0. The summed E-state index contributed by atoms with van der Waals surface area (Å²) in [5.74, 6) is 0.678. The Morgan fingerprint density at radius 2 is 2.10 bits per heavy atom. The average molecular weight is 139 g/mol. The van der Waals surface area contributed by atoms with Gasteiger partial charge in [0.05, 0.1) is 0 Å². The van der Waals surface area contributed by atoms with Crippen LogP contribution in [0.1, 0.15) is 12.7 Å². The van der Waals surface area contributed by atoms with Crippen molar-refractivity contribution in [3.05, 3.63) is 18.5 Å². The van der Waals surface area contributed by atoms with Crippen molar-refractivity contribution in [3.63, 3.8) is 0 Å². The fraction of sp³-hybridized carbons (Fsp3) is 0.500. The van der Waals surface area contributed by atoms with E-state index in [1.54, 1.807) is 0 Å². The minimum absolute atomic E-state index is 0.471. The third-order valence-corrected chi connectivity index (χ3v) is 0.982. The van der Waals surface area contributed by atoms with E-state index >= 15 is 0 Å². The zero-order valence-electron chi connectivity index (χ0n) is 5.82. The first-order valence-electron chi connectivity index (χ1n) is 3.12. The van der Waals surface area contributed by atoms with Gasteiger partial charge in [0, 0.05) is 6.61 Å². The molecule has 1 aromatic heterocycles. The first-order chi connectivity index (χ1) is 4.93. The van der Waals surface area contributed by atoms with Crippen LogP contribution >= 0.6 is 0 Å². The zero-order chi connectivity index (χ0) is 7.23. The normalized spacial score (nSPS) is 9.70. The number of hydrogen-bond donors (Lipinski definition) is 0. The molecule has 0 unspecified atom stereocenters. The Kier molecular flexibility index (Phi) is 2.76. The van der Waals surface area contributed by atoms with E-state index < -0.39 is 0 Å². The molecule has 1 heterocycles. The highest BCUT2D eigenvalue weighted by atomic mass is 16.5. The van der Waals surface area contributed by atoms with Crippen molar-refractivity contribution in [2.75, 3.05) is 6.61 Å². The highest BCUT2D eigenvalue weighted by Crippen LogP contribution is 1.87. The van der Waals surface area contributed by atoms with Crippen molar-refractivity contribution in [2.24, 2.45) is 0 Å². The lowest BCUT2D eigenvalue weighted by atomic mass is 10.6. The summed E-state index contributed by atoms with van der Waals surface area (Å²) in [6, 6.07) is 0. The topological polar surface area (TPSA) is 47.9 Å². The highest BCUT2D eigenvalue weighted by Gasteiger charge is 1.91. The van der Waals surface area contributed by atoms with Gasteiger partial charge >= 0.3 is 0 Å². The molecule has 0 aliphatic carbocycles. The maximum absolute atomic E-state index is 5.07. The fourth-order valence-corrected chi connectivity index (χ4v) is 0.531. The molecule has 0 aliphatic rings. The van der Waals surface area contributed by atoms with E-state index in [9.17, 15) is 0 Å². The van der Waals surface area contributed by atoms with Crippen LogP contribution < -0.4 is 0 Å². The van der Waals surface area contributed by atoms with Crippen LogP contribution in [-0.2, 0) is 11.3 Å². The van der Waals surface area contributed by atoms with Gasteiger partial charge in [-0.15, -0.1) is 0 Å². The molecular formula is C6H9N3O. The molecule has 0 saturated heterocycles. The average Bonchev–Trinajstić information content (AvgIpc) is 2.03. The van der Waals surface area contributed by atoms with Crippen LogP contribution in [0.5, 0.6) is 0 Å². The lowest BCUT2D eigenvalue weighted by molar-refractivity contribution is 0.128. The van der Waals surface area contributed by atoms with Crippen LogP contribution in [-0.4, -0.2) is 21.6 Å².